The second-order valence-corrected chi connectivity index (χ2v) is 9.83. The van der Waals surface area contributed by atoms with Crippen LogP contribution in [0.15, 0.2) is 60.3 Å². The van der Waals surface area contributed by atoms with E-state index < -0.39 is 0 Å². The van der Waals surface area contributed by atoms with Gasteiger partial charge in [-0.25, -0.2) is 0 Å². The highest BCUT2D eigenvalue weighted by Gasteiger charge is 2.51. The lowest BCUT2D eigenvalue weighted by atomic mass is 9.49. The summed E-state index contributed by atoms with van der Waals surface area (Å²) in [6.07, 6.45) is 7.44. The zero-order chi connectivity index (χ0) is 18.5. The minimum Gasteiger partial charge on any atom is -0.194 e. The van der Waals surface area contributed by atoms with E-state index in [9.17, 15) is 0 Å². The van der Waals surface area contributed by atoms with Gasteiger partial charge in [-0.15, -0.1) is 0 Å². The fourth-order valence-corrected chi connectivity index (χ4v) is 5.07. The zero-order valence-electron chi connectivity index (χ0n) is 16.9. The largest absolute Gasteiger partial charge is 0.213 e. The number of aromatic nitrogens is 1. The molecule has 0 amide bonds. The molecule has 136 valence electrons. The van der Waals surface area contributed by atoms with Gasteiger partial charge in [0.05, 0.1) is 0 Å². The van der Waals surface area contributed by atoms with Gasteiger partial charge in [-0.05, 0) is 58.8 Å². The minimum atomic E-state index is 0.136. The fraction of sp³-hybridized carbons (Fsp3) is 0.480. The summed E-state index contributed by atoms with van der Waals surface area (Å²) in [5, 5.41) is 0. The Morgan fingerprint density at radius 1 is 1.04 bits per heavy atom. The molecule has 1 aromatic carbocycles. The van der Waals surface area contributed by atoms with Crippen LogP contribution in [-0.2, 0) is 12.0 Å². The van der Waals surface area contributed by atoms with Gasteiger partial charge in [0.25, 0.3) is 0 Å². The van der Waals surface area contributed by atoms with Gasteiger partial charge in [0.15, 0.2) is 12.7 Å². The van der Waals surface area contributed by atoms with E-state index >= 15 is 0 Å². The van der Waals surface area contributed by atoms with Crippen LogP contribution in [0.4, 0.5) is 0 Å². The first-order chi connectivity index (χ1) is 12.3. The third-order valence-corrected chi connectivity index (χ3v) is 6.89. The van der Waals surface area contributed by atoms with Crippen LogP contribution in [0.25, 0.3) is 11.3 Å². The number of pyridine rings is 1. The molecule has 1 fully saturated rings. The lowest BCUT2D eigenvalue weighted by molar-refractivity contribution is -0.679. The molecule has 1 aromatic heterocycles. The van der Waals surface area contributed by atoms with Crippen molar-refractivity contribution in [3.63, 3.8) is 0 Å². The molecule has 2 unspecified atom stereocenters. The van der Waals surface area contributed by atoms with Gasteiger partial charge in [0, 0.05) is 17.7 Å². The molecular formula is C25H32N+. The van der Waals surface area contributed by atoms with Gasteiger partial charge in [-0.1, -0.05) is 58.9 Å². The normalized spacial score (nSPS) is 24.0. The number of hydrogen-bond donors (Lipinski definition) is 0. The molecule has 1 saturated carbocycles. The van der Waals surface area contributed by atoms with Crippen molar-refractivity contribution >= 4 is 0 Å². The molecule has 2 bridgehead atoms. The SMILES string of the molecule is CC(C)(C)c1ccccc1-c1cccc[n+]1CC1=CCC2CC1C2(C)C. The first kappa shape index (κ1) is 17.5. The van der Waals surface area contributed by atoms with E-state index in [-0.39, 0.29) is 5.41 Å². The van der Waals surface area contributed by atoms with Crippen molar-refractivity contribution in [3.8, 4) is 11.3 Å². The maximum absolute atomic E-state index is 2.53. The van der Waals surface area contributed by atoms with E-state index in [1.807, 2.05) is 0 Å². The minimum absolute atomic E-state index is 0.136. The van der Waals surface area contributed by atoms with E-state index in [0.717, 1.165) is 18.4 Å². The van der Waals surface area contributed by atoms with Gasteiger partial charge >= 0.3 is 0 Å². The van der Waals surface area contributed by atoms with Crippen LogP contribution in [0.3, 0.4) is 0 Å². The van der Waals surface area contributed by atoms with Crippen molar-refractivity contribution in [1.82, 2.24) is 0 Å². The van der Waals surface area contributed by atoms with Crippen molar-refractivity contribution in [2.24, 2.45) is 17.3 Å². The molecule has 0 spiro atoms. The fourth-order valence-electron chi connectivity index (χ4n) is 5.07. The van der Waals surface area contributed by atoms with Crippen molar-refractivity contribution in [2.45, 2.75) is 59.4 Å². The molecule has 3 aliphatic carbocycles. The Hall–Kier alpha value is -1.89. The zero-order valence-corrected chi connectivity index (χ0v) is 16.9. The summed E-state index contributed by atoms with van der Waals surface area (Å²) in [7, 11) is 0. The number of benzene rings is 1. The van der Waals surface area contributed by atoms with Crippen molar-refractivity contribution in [1.29, 1.82) is 0 Å². The van der Waals surface area contributed by atoms with E-state index in [1.165, 1.54) is 29.7 Å². The third kappa shape index (κ3) is 2.82. The summed E-state index contributed by atoms with van der Waals surface area (Å²) in [5.41, 5.74) is 6.38. The molecule has 0 N–H and O–H groups in total. The molecule has 0 saturated heterocycles. The second-order valence-electron chi connectivity index (χ2n) is 9.83. The Morgan fingerprint density at radius 3 is 2.46 bits per heavy atom. The molecular weight excluding hydrogens is 314 g/mol. The maximum atomic E-state index is 2.53. The third-order valence-electron chi connectivity index (χ3n) is 6.89. The van der Waals surface area contributed by atoms with Crippen molar-refractivity contribution in [2.75, 3.05) is 0 Å². The average Bonchev–Trinajstić information content (AvgIpc) is 2.61. The Bertz CT molecular complexity index is 850. The summed E-state index contributed by atoms with van der Waals surface area (Å²) in [5.74, 6) is 1.66. The standard InChI is InChI=1S/C25H32N/c1-24(2,3)21-11-7-6-10-20(21)23-12-8-9-15-26(23)17-18-13-14-19-16-22(18)25(19,4)5/h6-13,15,19,22H,14,16-17H2,1-5H3/q+1. The van der Waals surface area contributed by atoms with Crippen molar-refractivity contribution in [3.05, 3.63) is 65.9 Å². The lowest BCUT2D eigenvalue weighted by Gasteiger charge is -2.55. The molecule has 26 heavy (non-hydrogen) atoms. The van der Waals surface area contributed by atoms with Crippen LogP contribution in [0.5, 0.6) is 0 Å². The van der Waals surface area contributed by atoms with Crippen LogP contribution >= 0.6 is 0 Å². The smallest absolute Gasteiger partial charge is 0.194 e. The molecule has 3 aliphatic rings. The number of nitrogens with zero attached hydrogens (tertiary/aromatic N) is 1. The summed E-state index contributed by atoms with van der Waals surface area (Å²) >= 11 is 0. The molecule has 2 aromatic rings. The number of allylic oxidation sites excluding steroid dienone is 2. The predicted molar refractivity (Wildman–Crippen MR) is 109 cm³/mol. The second kappa shape index (κ2) is 6.08. The van der Waals surface area contributed by atoms with Crippen LogP contribution in [0, 0.1) is 17.3 Å². The predicted octanol–water partition coefficient (Wildman–Crippen LogP) is 5.93. The summed E-state index contributed by atoms with van der Waals surface area (Å²) in [6, 6.07) is 15.5. The van der Waals surface area contributed by atoms with Gasteiger partial charge in [0.1, 0.15) is 0 Å². The van der Waals surface area contributed by atoms with Crippen LogP contribution in [0.2, 0.25) is 0 Å². The average molecular weight is 347 g/mol. The summed E-state index contributed by atoms with van der Waals surface area (Å²) in [4.78, 5) is 0. The molecule has 1 heteroatoms. The highest BCUT2D eigenvalue weighted by Crippen LogP contribution is 2.59. The van der Waals surface area contributed by atoms with Gasteiger partial charge in [-0.3, -0.25) is 0 Å². The lowest BCUT2D eigenvalue weighted by Crippen LogP contribution is -2.51. The molecule has 2 atom stereocenters. The quantitative estimate of drug-likeness (QED) is 0.479. The Kier molecular flexibility index (Phi) is 4.10. The number of hydrogen-bond acceptors (Lipinski definition) is 0. The van der Waals surface area contributed by atoms with Crippen LogP contribution < -0.4 is 4.57 Å². The van der Waals surface area contributed by atoms with E-state index in [4.69, 9.17) is 0 Å². The van der Waals surface area contributed by atoms with Crippen LogP contribution in [0.1, 0.15) is 53.0 Å². The number of rotatable bonds is 3. The van der Waals surface area contributed by atoms with E-state index in [2.05, 4.69) is 93.9 Å². The first-order valence-electron chi connectivity index (χ1n) is 10.1. The highest BCUT2D eigenvalue weighted by atomic mass is 15.0. The maximum Gasteiger partial charge on any atom is 0.213 e. The van der Waals surface area contributed by atoms with Gasteiger partial charge in [-0.2, -0.15) is 4.57 Å². The van der Waals surface area contributed by atoms with Crippen molar-refractivity contribution < 1.29 is 4.57 Å². The van der Waals surface area contributed by atoms with Crippen LogP contribution in [-0.4, -0.2) is 0 Å². The topological polar surface area (TPSA) is 3.88 Å². The molecule has 0 aliphatic heterocycles. The van der Waals surface area contributed by atoms with E-state index in [0.29, 0.717) is 5.41 Å². The first-order valence-corrected chi connectivity index (χ1v) is 10.1. The molecule has 1 nitrogen and oxygen atoms in total. The molecule has 5 rings (SSSR count). The summed E-state index contributed by atoms with van der Waals surface area (Å²) in [6.45, 7) is 12.9. The Morgan fingerprint density at radius 2 is 1.77 bits per heavy atom. The Labute approximate surface area is 158 Å². The molecule has 0 radical (unpaired) electrons. The van der Waals surface area contributed by atoms with Gasteiger partial charge in [0.2, 0.25) is 5.69 Å². The monoisotopic (exact) mass is 346 g/mol. The Balaban J connectivity index is 1.73. The van der Waals surface area contributed by atoms with Gasteiger partial charge < -0.3 is 0 Å². The molecule has 1 heterocycles. The summed E-state index contributed by atoms with van der Waals surface area (Å²) < 4.78 is 2.46. The van der Waals surface area contributed by atoms with E-state index in [1.54, 1.807) is 5.57 Å². The highest BCUT2D eigenvalue weighted by molar-refractivity contribution is 5.62. The number of fused-ring (bicyclic) bond motifs is 1.